The van der Waals surface area contributed by atoms with E-state index in [1.807, 2.05) is 6.07 Å². The first kappa shape index (κ1) is 21.4. The Bertz CT molecular complexity index is 869. The van der Waals surface area contributed by atoms with Gasteiger partial charge in [-0.15, -0.1) is 0 Å². The van der Waals surface area contributed by atoms with Gasteiger partial charge in [-0.1, -0.05) is 30.3 Å². The summed E-state index contributed by atoms with van der Waals surface area (Å²) >= 11 is 0. The minimum Gasteiger partial charge on any atom is -0.459 e. The Morgan fingerprint density at radius 2 is 1.55 bits per heavy atom. The number of nitrogens with one attached hydrogen (secondary N) is 1. The normalized spacial score (nSPS) is 11.2. The second-order valence-corrected chi connectivity index (χ2v) is 5.96. The molecule has 152 valence electrons. The summed E-state index contributed by atoms with van der Waals surface area (Å²) < 4.78 is 10.1. The van der Waals surface area contributed by atoms with Crippen molar-refractivity contribution in [1.82, 2.24) is 5.32 Å². The summed E-state index contributed by atoms with van der Waals surface area (Å²) in [7, 11) is 0. The number of amides is 2. The van der Waals surface area contributed by atoms with E-state index in [1.54, 1.807) is 24.3 Å². The van der Waals surface area contributed by atoms with Gasteiger partial charge in [-0.2, -0.15) is 0 Å². The molecule has 0 heterocycles. The minimum atomic E-state index is -1.33. The van der Waals surface area contributed by atoms with Gasteiger partial charge in [0.05, 0.1) is 11.3 Å². The predicted octanol–water partition coefficient (Wildman–Crippen LogP) is 1.81. The Kier molecular flexibility index (Phi) is 7.66. The van der Waals surface area contributed by atoms with E-state index in [0.717, 1.165) is 5.56 Å². The predicted molar refractivity (Wildman–Crippen MR) is 100 cm³/mol. The molecule has 0 saturated carbocycles. The van der Waals surface area contributed by atoms with Crippen LogP contribution in [0.15, 0.2) is 54.6 Å². The molecule has 3 N–H and O–H groups in total. The lowest BCUT2D eigenvalue weighted by Gasteiger charge is -2.16. The van der Waals surface area contributed by atoms with Crippen LogP contribution in [0.1, 0.15) is 17.5 Å². The van der Waals surface area contributed by atoms with Crippen molar-refractivity contribution < 1.29 is 28.8 Å². The van der Waals surface area contributed by atoms with E-state index in [0.29, 0.717) is 5.56 Å². The van der Waals surface area contributed by atoms with Crippen LogP contribution in [-0.2, 0) is 32.3 Å². The molecule has 29 heavy (non-hydrogen) atoms. The van der Waals surface area contributed by atoms with E-state index >= 15 is 0 Å². The highest BCUT2D eigenvalue weighted by Gasteiger charge is 2.25. The molecule has 2 rings (SSSR count). The van der Waals surface area contributed by atoms with Crippen molar-refractivity contribution in [3.05, 3.63) is 75.8 Å². The number of primary amides is 1. The molecule has 0 aliphatic carbocycles. The summed E-state index contributed by atoms with van der Waals surface area (Å²) in [6, 6.07) is 12.9. The molecule has 2 amide bonds. The van der Waals surface area contributed by atoms with Crippen molar-refractivity contribution in [1.29, 1.82) is 0 Å². The molecule has 0 aliphatic rings. The number of rotatable bonds is 9. The molecule has 0 aromatic heterocycles. The number of nitro benzene ring substituents is 1. The van der Waals surface area contributed by atoms with Crippen molar-refractivity contribution >= 4 is 23.7 Å². The molecule has 0 aliphatic heterocycles. The van der Waals surface area contributed by atoms with Crippen LogP contribution in [0.2, 0.25) is 0 Å². The monoisotopic (exact) mass is 401 g/mol. The molecule has 10 heteroatoms. The van der Waals surface area contributed by atoms with Crippen molar-refractivity contribution in [2.24, 2.45) is 5.73 Å². The molecule has 1 atom stereocenters. The van der Waals surface area contributed by atoms with Crippen LogP contribution in [-0.4, -0.2) is 28.9 Å². The number of carbonyl (C=O) groups excluding carboxylic acids is 3. The van der Waals surface area contributed by atoms with E-state index in [2.05, 4.69) is 5.32 Å². The summed E-state index contributed by atoms with van der Waals surface area (Å²) in [5, 5.41) is 12.9. The Balaban J connectivity index is 1.90. The topological polar surface area (TPSA) is 151 Å². The van der Waals surface area contributed by atoms with E-state index in [-0.39, 0.29) is 18.9 Å². The fourth-order valence-corrected chi connectivity index (χ4v) is 2.27. The standard InChI is InChI=1S/C19H19N3O7/c20-17(23)10-16(21-19(25)29-12-13-4-2-1-3-5-13)18(24)28-11-14-6-8-15(9-7-14)22(26)27/h1-9,16H,10-12H2,(H2,20,23)(H,21,25). The van der Waals surface area contributed by atoms with Crippen LogP contribution < -0.4 is 11.1 Å². The SMILES string of the molecule is NC(=O)CC(NC(=O)OCc1ccccc1)C(=O)OCc1ccc([N+](=O)[O-])cc1. The molecular formula is C19H19N3O7. The van der Waals surface area contributed by atoms with Crippen LogP contribution in [0.25, 0.3) is 0 Å². The fourth-order valence-electron chi connectivity index (χ4n) is 2.27. The molecule has 10 nitrogen and oxygen atoms in total. The van der Waals surface area contributed by atoms with Crippen molar-refractivity contribution in [3.8, 4) is 0 Å². The lowest BCUT2D eigenvalue weighted by atomic mass is 10.2. The summed E-state index contributed by atoms with van der Waals surface area (Å²) in [6.45, 7) is -0.222. The summed E-state index contributed by atoms with van der Waals surface area (Å²) in [4.78, 5) is 45.5. The lowest BCUT2D eigenvalue weighted by molar-refractivity contribution is -0.384. The first-order valence-electron chi connectivity index (χ1n) is 8.50. The Morgan fingerprint density at radius 3 is 2.14 bits per heavy atom. The number of nitro groups is 1. The van der Waals surface area contributed by atoms with Gasteiger partial charge in [0, 0.05) is 12.1 Å². The van der Waals surface area contributed by atoms with Crippen LogP contribution in [0, 0.1) is 10.1 Å². The van der Waals surface area contributed by atoms with E-state index in [9.17, 15) is 24.5 Å². The van der Waals surface area contributed by atoms with Gasteiger partial charge >= 0.3 is 12.1 Å². The van der Waals surface area contributed by atoms with E-state index < -0.39 is 35.4 Å². The highest BCUT2D eigenvalue weighted by Crippen LogP contribution is 2.13. The van der Waals surface area contributed by atoms with Crippen LogP contribution in [0.4, 0.5) is 10.5 Å². The molecular weight excluding hydrogens is 382 g/mol. The van der Waals surface area contributed by atoms with Gasteiger partial charge in [-0.3, -0.25) is 14.9 Å². The number of hydrogen-bond donors (Lipinski definition) is 2. The van der Waals surface area contributed by atoms with Gasteiger partial charge in [0.25, 0.3) is 5.69 Å². The zero-order chi connectivity index (χ0) is 21.2. The third-order valence-electron chi connectivity index (χ3n) is 3.72. The first-order valence-corrected chi connectivity index (χ1v) is 8.50. The van der Waals surface area contributed by atoms with Gasteiger partial charge in [0.15, 0.2) is 0 Å². The quantitative estimate of drug-likeness (QED) is 0.369. The molecule has 0 bridgehead atoms. The Morgan fingerprint density at radius 1 is 0.966 bits per heavy atom. The number of nitrogens with two attached hydrogens (primary N) is 1. The van der Waals surface area contributed by atoms with Gasteiger partial charge in [0.2, 0.25) is 5.91 Å². The van der Waals surface area contributed by atoms with Crippen LogP contribution in [0.3, 0.4) is 0 Å². The maximum absolute atomic E-state index is 12.2. The number of benzene rings is 2. The zero-order valence-electron chi connectivity index (χ0n) is 15.3. The largest absolute Gasteiger partial charge is 0.459 e. The maximum atomic E-state index is 12.2. The Hall–Kier alpha value is -3.95. The molecule has 0 spiro atoms. The number of ether oxygens (including phenoxy) is 2. The third-order valence-corrected chi connectivity index (χ3v) is 3.72. The average molecular weight is 401 g/mol. The number of hydrogen-bond acceptors (Lipinski definition) is 7. The van der Waals surface area contributed by atoms with Crippen molar-refractivity contribution in [3.63, 3.8) is 0 Å². The van der Waals surface area contributed by atoms with Gasteiger partial charge in [-0.25, -0.2) is 9.59 Å². The highest BCUT2D eigenvalue weighted by atomic mass is 16.6. The zero-order valence-corrected chi connectivity index (χ0v) is 15.3. The number of alkyl carbamates (subject to hydrolysis) is 1. The fraction of sp³-hybridized carbons (Fsp3) is 0.211. The minimum absolute atomic E-state index is 0.0200. The van der Waals surface area contributed by atoms with Gasteiger partial charge < -0.3 is 20.5 Å². The number of nitrogens with zero attached hydrogens (tertiary/aromatic N) is 1. The van der Waals surface area contributed by atoms with Crippen molar-refractivity contribution in [2.75, 3.05) is 0 Å². The van der Waals surface area contributed by atoms with Crippen molar-refractivity contribution in [2.45, 2.75) is 25.7 Å². The number of carbonyl (C=O) groups is 3. The van der Waals surface area contributed by atoms with E-state index in [1.165, 1.54) is 24.3 Å². The second-order valence-electron chi connectivity index (χ2n) is 5.96. The molecule has 1 unspecified atom stereocenters. The third kappa shape index (κ3) is 7.29. The van der Waals surface area contributed by atoms with Crippen LogP contribution >= 0.6 is 0 Å². The summed E-state index contributed by atoms with van der Waals surface area (Å²) in [5.41, 5.74) is 6.26. The number of non-ortho nitro benzene ring substituents is 1. The summed E-state index contributed by atoms with van der Waals surface area (Å²) in [6.07, 6.45) is -1.38. The summed E-state index contributed by atoms with van der Waals surface area (Å²) in [5.74, 6) is -1.70. The lowest BCUT2D eigenvalue weighted by Crippen LogP contribution is -2.44. The molecule has 0 radical (unpaired) electrons. The second kappa shape index (κ2) is 10.4. The highest BCUT2D eigenvalue weighted by molar-refractivity contribution is 5.87. The first-order chi connectivity index (χ1) is 13.8. The number of esters is 1. The molecule has 2 aromatic carbocycles. The van der Waals surface area contributed by atoms with E-state index in [4.69, 9.17) is 15.2 Å². The average Bonchev–Trinajstić information content (AvgIpc) is 2.70. The van der Waals surface area contributed by atoms with Gasteiger partial charge in [-0.05, 0) is 23.3 Å². The Labute approximate surface area is 165 Å². The van der Waals surface area contributed by atoms with Crippen LogP contribution in [0.5, 0.6) is 0 Å². The molecule has 2 aromatic rings. The maximum Gasteiger partial charge on any atom is 0.408 e. The molecule has 0 fully saturated rings. The molecule has 0 saturated heterocycles. The smallest absolute Gasteiger partial charge is 0.408 e. The van der Waals surface area contributed by atoms with Gasteiger partial charge in [0.1, 0.15) is 19.3 Å².